The third-order valence-corrected chi connectivity index (χ3v) is 7.85. The van der Waals surface area contributed by atoms with Crippen LogP contribution >= 0.6 is 15.9 Å². The second-order valence-electron chi connectivity index (χ2n) is 10.9. The van der Waals surface area contributed by atoms with Crippen molar-refractivity contribution in [2.45, 2.75) is 51.5 Å². The van der Waals surface area contributed by atoms with E-state index in [1.54, 1.807) is 57.2 Å². The van der Waals surface area contributed by atoms with Crippen LogP contribution in [0.2, 0.25) is 0 Å². The van der Waals surface area contributed by atoms with Crippen LogP contribution in [0, 0.1) is 0 Å². The standard InChI is InChI=1S/C30H33BrF3N3O4S/c1-29(2,3)35-28(39)26(17-21-9-6-5-7-10-21)36(19-22-13-15-24(31)16-14-22)27(38)20-37(42(4,40)41)25-12-8-11-23(18-25)30(32,33)34/h5-16,18,26H,17,19-20H2,1-4H3,(H,35,39). The van der Waals surface area contributed by atoms with Crippen LogP contribution in [0.15, 0.2) is 83.3 Å². The van der Waals surface area contributed by atoms with Crippen LogP contribution in [0.5, 0.6) is 0 Å². The maximum atomic E-state index is 14.0. The molecule has 12 heteroatoms. The molecule has 2 amide bonds. The maximum absolute atomic E-state index is 14.0. The van der Waals surface area contributed by atoms with Gasteiger partial charge in [0.2, 0.25) is 21.8 Å². The van der Waals surface area contributed by atoms with Gasteiger partial charge in [-0.3, -0.25) is 13.9 Å². The predicted octanol–water partition coefficient (Wildman–Crippen LogP) is 5.79. The number of hydrogen-bond acceptors (Lipinski definition) is 4. The molecule has 0 saturated heterocycles. The summed E-state index contributed by atoms with van der Waals surface area (Å²) in [7, 11) is -4.21. The number of hydrogen-bond donors (Lipinski definition) is 1. The summed E-state index contributed by atoms with van der Waals surface area (Å²) in [4.78, 5) is 29.0. The number of sulfonamides is 1. The lowest BCUT2D eigenvalue weighted by Crippen LogP contribution is -2.56. The first-order chi connectivity index (χ1) is 19.4. The summed E-state index contributed by atoms with van der Waals surface area (Å²) < 4.78 is 67.4. The summed E-state index contributed by atoms with van der Waals surface area (Å²) in [6.07, 6.45) is -3.79. The minimum atomic E-state index is -4.72. The SMILES string of the molecule is CC(C)(C)NC(=O)C(Cc1ccccc1)N(Cc1ccc(Br)cc1)C(=O)CN(c1cccc(C(F)(F)F)c1)S(C)(=O)=O. The van der Waals surface area contributed by atoms with Crippen LogP contribution in [0.25, 0.3) is 0 Å². The van der Waals surface area contributed by atoms with E-state index in [1.165, 1.54) is 11.0 Å². The summed E-state index contributed by atoms with van der Waals surface area (Å²) >= 11 is 3.37. The van der Waals surface area contributed by atoms with E-state index < -0.39 is 51.7 Å². The van der Waals surface area contributed by atoms with E-state index in [1.807, 2.05) is 18.2 Å². The molecule has 0 aliphatic carbocycles. The van der Waals surface area contributed by atoms with Crippen LogP contribution in [0.3, 0.4) is 0 Å². The lowest BCUT2D eigenvalue weighted by Gasteiger charge is -2.35. The number of rotatable bonds is 10. The predicted molar refractivity (Wildman–Crippen MR) is 160 cm³/mol. The zero-order valence-corrected chi connectivity index (χ0v) is 26.1. The molecule has 42 heavy (non-hydrogen) atoms. The molecule has 0 aliphatic heterocycles. The van der Waals surface area contributed by atoms with Gasteiger partial charge < -0.3 is 10.2 Å². The molecule has 1 atom stereocenters. The Hall–Kier alpha value is -3.38. The molecule has 1 N–H and O–H groups in total. The molecule has 3 aromatic carbocycles. The third-order valence-electron chi connectivity index (χ3n) is 6.18. The average Bonchev–Trinajstić information content (AvgIpc) is 2.88. The van der Waals surface area contributed by atoms with Crippen molar-refractivity contribution in [3.8, 4) is 0 Å². The van der Waals surface area contributed by atoms with Crippen molar-refractivity contribution >= 4 is 43.5 Å². The van der Waals surface area contributed by atoms with Crippen LogP contribution < -0.4 is 9.62 Å². The molecule has 0 spiro atoms. The molecule has 0 bridgehead atoms. The van der Waals surface area contributed by atoms with Crippen LogP contribution in [0.4, 0.5) is 18.9 Å². The van der Waals surface area contributed by atoms with Gasteiger partial charge in [-0.1, -0.05) is 64.5 Å². The van der Waals surface area contributed by atoms with E-state index in [0.717, 1.165) is 28.4 Å². The number of alkyl halides is 3. The summed E-state index contributed by atoms with van der Waals surface area (Å²) in [5, 5.41) is 2.91. The first kappa shape index (κ1) is 33.1. The summed E-state index contributed by atoms with van der Waals surface area (Å²) in [5.74, 6) is -1.22. The zero-order valence-electron chi connectivity index (χ0n) is 23.7. The Kier molecular flexibility index (Phi) is 10.5. The highest BCUT2D eigenvalue weighted by molar-refractivity contribution is 9.10. The number of nitrogens with one attached hydrogen (secondary N) is 1. The van der Waals surface area contributed by atoms with Crippen molar-refractivity contribution in [3.63, 3.8) is 0 Å². The van der Waals surface area contributed by atoms with Gasteiger partial charge in [-0.15, -0.1) is 0 Å². The highest BCUT2D eigenvalue weighted by atomic mass is 79.9. The first-order valence-corrected chi connectivity index (χ1v) is 15.6. The minimum absolute atomic E-state index is 0.0542. The van der Waals surface area contributed by atoms with Crippen LogP contribution in [-0.4, -0.2) is 49.5 Å². The minimum Gasteiger partial charge on any atom is -0.350 e. The molecule has 3 aromatic rings. The van der Waals surface area contributed by atoms with E-state index in [9.17, 15) is 31.2 Å². The van der Waals surface area contributed by atoms with Gasteiger partial charge in [0.1, 0.15) is 12.6 Å². The molecular formula is C30H33BrF3N3O4S. The number of amides is 2. The van der Waals surface area contributed by atoms with Gasteiger partial charge >= 0.3 is 6.18 Å². The molecule has 7 nitrogen and oxygen atoms in total. The van der Waals surface area contributed by atoms with E-state index in [2.05, 4.69) is 21.2 Å². The van der Waals surface area contributed by atoms with Crippen LogP contribution in [0.1, 0.15) is 37.5 Å². The van der Waals surface area contributed by atoms with Gasteiger partial charge in [0.25, 0.3) is 0 Å². The normalized spacial score (nSPS) is 12.9. The van der Waals surface area contributed by atoms with Crippen molar-refractivity contribution < 1.29 is 31.2 Å². The number of nitrogens with zero attached hydrogens (tertiary/aromatic N) is 2. The van der Waals surface area contributed by atoms with Crippen molar-refractivity contribution in [2.75, 3.05) is 17.1 Å². The first-order valence-electron chi connectivity index (χ1n) is 13.0. The van der Waals surface area contributed by atoms with E-state index in [-0.39, 0.29) is 18.7 Å². The Morgan fingerprint density at radius 3 is 2.07 bits per heavy atom. The lowest BCUT2D eigenvalue weighted by atomic mass is 10.0. The fraction of sp³-hybridized carbons (Fsp3) is 0.333. The van der Waals surface area contributed by atoms with Gasteiger partial charge in [0.15, 0.2) is 0 Å². The monoisotopic (exact) mass is 667 g/mol. The summed E-state index contributed by atoms with van der Waals surface area (Å²) in [6.45, 7) is 4.52. The average molecular weight is 669 g/mol. The maximum Gasteiger partial charge on any atom is 0.416 e. The molecular weight excluding hydrogens is 635 g/mol. The van der Waals surface area contributed by atoms with Gasteiger partial charge in [-0.05, 0) is 62.2 Å². The number of anilines is 1. The van der Waals surface area contributed by atoms with Gasteiger partial charge in [0.05, 0.1) is 17.5 Å². The Morgan fingerprint density at radius 1 is 0.905 bits per heavy atom. The van der Waals surface area contributed by atoms with Gasteiger partial charge in [-0.2, -0.15) is 13.2 Å². The molecule has 0 aromatic heterocycles. The fourth-order valence-corrected chi connectivity index (χ4v) is 5.35. The highest BCUT2D eigenvalue weighted by Gasteiger charge is 2.35. The van der Waals surface area contributed by atoms with Crippen molar-refractivity contribution in [1.82, 2.24) is 10.2 Å². The second-order valence-corrected chi connectivity index (χ2v) is 13.7. The Labute approximate surface area is 252 Å². The molecule has 0 saturated carbocycles. The molecule has 0 heterocycles. The Balaban J connectivity index is 2.09. The highest BCUT2D eigenvalue weighted by Crippen LogP contribution is 2.32. The molecule has 0 fully saturated rings. The summed E-state index contributed by atoms with van der Waals surface area (Å²) in [5.41, 5.74) is -0.590. The van der Waals surface area contributed by atoms with Crippen LogP contribution in [-0.2, 0) is 38.8 Å². The van der Waals surface area contributed by atoms with Crippen molar-refractivity contribution in [2.24, 2.45) is 0 Å². The molecule has 0 radical (unpaired) electrons. The topological polar surface area (TPSA) is 86.8 Å². The largest absolute Gasteiger partial charge is 0.416 e. The molecule has 3 rings (SSSR count). The van der Waals surface area contributed by atoms with Crippen molar-refractivity contribution in [1.29, 1.82) is 0 Å². The number of carbonyl (C=O) groups excluding carboxylic acids is 2. The van der Waals surface area contributed by atoms with Gasteiger partial charge in [0, 0.05) is 23.0 Å². The quantitative estimate of drug-likeness (QED) is 0.297. The second kappa shape index (κ2) is 13.3. The number of halogens is 4. The molecule has 0 aliphatic rings. The Bertz CT molecular complexity index is 1490. The van der Waals surface area contributed by atoms with E-state index in [4.69, 9.17) is 0 Å². The summed E-state index contributed by atoms with van der Waals surface area (Å²) in [6, 6.07) is 18.8. The molecule has 226 valence electrons. The lowest BCUT2D eigenvalue weighted by molar-refractivity contribution is -0.140. The number of carbonyl (C=O) groups is 2. The number of benzene rings is 3. The molecule has 1 unspecified atom stereocenters. The smallest absolute Gasteiger partial charge is 0.350 e. The third kappa shape index (κ3) is 9.59. The fourth-order valence-electron chi connectivity index (χ4n) is 4.24. The van der Waals surface area contributed by atoms with E-state index in [0.29, 0.717) is 15.9 Å². The Morgan fingerprint density at radius 2 is 1.52 bits per heavy atom. The van der Waals surface area contributed by atoms with E-state index >= 15 is 0 Å². The van der Waals surface area contributed by atoms with Crippen molar-refractivity contribution in [3.05, 3.63) is 100 Å². The zero-order chi connectivity index (χ0) is 31.3. The van der Waals surface area contributed by atoms with Gasteiger partial charge in [-0.25, -0.2) is 8.42 Å².